The van der Waals surface area contributed by atoms with Gasteiger partial charge in [0.1, 0.15) is 6.07 Å². The molecule has 1 fully saturated rings. The summed E-state index contributed by atoms with van der Waals surface area (Å²) in [7, 11) is 0. The van der Waals surface area contributed by atoms with Gasteiger partial charge in [-0.3, -0.25) is 4.79 Å². The molecule has 0 radical (unpaired) electrons. The van der Waals surface area contributed by atoms with Gasteiger partial charge >= 0.3 is 5.97 Å². The summed E-state index contributed by atoms with van der Waals surface area (Å²) in [6.07, 6.45) is 2.13. The average molecular weight is 304 g/mol. The first kappa shape index (κ1) is 15.4. The number of carbonyl (C=O) groups is 2. The Morgan fingerprint density at radius 2 is 2.00 bits per heavy atom. The Morgan fingerprint density at radius 1 is 1.29 bits per heavy atom. The third-order valence-corrected chi connectivity index (χ3v) is 4.24. The van der Waals surface area contributed by atoms with Crippen LogP contribution in [0.5, 0.6) is 0 Å². The quantitative estimate of drug-likeness (QED) is 0.615. The van der Waals surface area contributed by atoms with E-state index >= 15 is 0 Å². The fraction of sp³-hybridized carbons (Fsp3) is 0.400. The Hall–Kier alpha value is -2.00. The van der Waals surface area contributed by atoms with Crippen LogP contribution in [0.3, 0.4) is 0 Å². The number of likely N-dealkylation sites (tertiary alicyclic amines) is 1. The van der Waals surface area contributed by atoms with Gasteiger partial charge in [-0.05, 0) is 25.0 Å². The molecule has 21 heavy (non-hydrogen) atoms. The number of nitrogens with zero attached hydrogens (tertiary/aromatic N) is 2. The summed E-state index contributed by atoms with van der Waals surface area (Å²) in [5, 5.41) is 8.45. The van der Waals surface area contributed by atoms with Gasteiger partial charge in [0.25, 0.3) is 0 Å². The summed E-state index contributed by atoms with van der Waals surface area (Å²) in [5.41, 5.74) is 0.395. The van der Waals surface area contributed by atoms with Gasteiger partial charge in [0.2, 0.25) is 5.91 Å². The van der Waals surface area contributed by atoms with Crippen molar-refractivity contribution in [1.29, 1.82) is 5.26 Å². The van der Waals surface area contributed by atoms with Crippen LogP contribution < -0.4 is 0 Å². The number of carbonyl (C=O) groups excluding carboxylic acids is 2. The molecule has 1 aliphatic heterocycles. The summed E-state index contributed by atoms with van der Waals surface area (Å²) in [5.74, 6) is -0.131. The third-order valence-electron chi connectivity index (χ3n) is 3.18. The van der Waals surface area contributed by atoms with Crippen molar-refractivity contribution < 1.29 is 14.3 Å². The van der Waals surface area contributed by atoms with Gasteiger partial charge in [-0.2, -0.15) is 5.26 Å². The highest BCUT2D eigenvalue weighted by atomic mass is 32.2. The maximum atomic E-state index is 12.0. The number of rotatable bonds is 5. The van der Waals surface area contributed by atoms with Gasteiger partial charge in [-0.1, -0.05) is 12.1 Å². The van der Waals surface area contributed by atoms with Gasteiger partial charge in [-0.25, -0.2) is 4.79 Å². The Morgan fingerprint density at radius 3 is 2.71 bits per heavy atom. The minimum atomic E-state index is -0.534. The molecule has 0 aromatic heterocycles. The van der Waals surface area contributed by atoms with Crippen molar-refractivity contribution in [3.8, 4) is 6.07 Å². The zero-order valence-electron chi connectivity index (χ0n) is 11.6. The van der Waals surface area contributed by atoms with Crippen molar-refractivity contribution in [2.75, 3.05) is 25.4 Å². The van der Waals surface area contributed by atoms with Crippen LogP contribution >= 0.6 is 11.8 Å². The highest BCUT2D eigenvalue weighted by molar-refractivity contribution is 8.00. The largest absolute Gasteiger partial charge is 0.447 e. The van der Waals surface area contributed by atoms with E-state index in [-0.39, 0.29) is 12.5 Å². The van der Waals surface area contributed by atoms with Crippen LogP contribution in [0.4, 0.5) is 0 Å². The van der Waals surface area contributed by atoms with Crippen molar-refractivity contribution in [1.82, 2.24) is 4.90 Å². The first-order valence-electron chi connectivity index (χ1n) is 6.76. The number of hydrogen-bond acceptors (Lipinski definition) is 5. The Labute approximate surface area is 127 Å². The SMILES string of the molecule is N#CCOC(=O)c1ccccc1SCC(=O)N1CCCC1. The lowest BCUT2D eigenvalue weighted by Gasteiger charge is -2.15. The van der Waals surface area contributed by atoms with Crippen molar-refractivity contribution >= 4 is 23.6 Å². The number of benzene rings is 1. The molecule has 1 aromatic rings. The van der Waals surface area contributed by atoms with E-state index in [1.807, 2.05) is 11.0 Å². The standard InChI is InChI=1S/C15H16N2O3S/c16-7-10-20-15(19)12-5-1-2-6-13(12)21-11-14(18)17-8-3-4-9-17/h1-2,5-6H,3-4,8-11H2. The van der Waals surface area contributed by atoms with Crippen molar-refractivity contribution in [2.45, 2.75) is 17.7 Å². The summed E-state index contributed by atoms with van der Waals surface area (Å²) in [6, 6.07) is 8.73. The molecule has 1 saturated heterocycles. The zero-order chi connectivity index (χ0) is 15.1. The molecule has 6 heteroatoms. The molecule has 110 valence electrons. The monoisotopic (exact) mass is 304 g/mol. The number of nitriles is 1. The summed E-state index contributed by atoms with van der Waals surface area (Å²) >= 11 is 1.33. The fourth-order valence-corrected chi connectivity index (χ4v) is 3.08. The van der Waals surface area contributed by atoms with Crippen LogP contribution in [-0.2, 0) is 9.53 Å². The van der Waals surface area contributed by atoms with E-state index < -0.39 is 5.97 Å². The van der Waals surface area contributed by atoms with E-state index in [0.717, 1.165) is 25.9 Å². The van der Waals surface area contributed by atoms with E-state index in [1.165, 1.54) is 11.8 Å². The topological polar surface area (TPSA) is 70.4 Å². The van der Waals surface area contributed by atoms with Crippen molar-refractivity contribution in [3.05, 3.63) is 29.8 Å². The maximum Gasteiger partial charge on any atom is 0.340 e. The molecular weight excluding hydrogens is 288 g/mol. The molecule has 5 nitrogen and oxygen atoms in total. The molecule has 1 aromatic carbocycles. The van der Waals surface area contributed by atoms with Gasteiger partial charge in [0.05, 0.1) is 11.3 Å². The van der Waals surface area contributed by atoms with Crippen molar-refractivity contribution in [3.63, 3.8) is 0 Å². The summed E-state index contributed by atoms with van der Waals surface area (Å²) < 4.78 is 4.82. The van der Waals surface area contributed by atoms with E-state index in [1.54, 1.807) is 24.3 Å². The van der Waals surface area contributed by atoms with Gasteiger partial charge in [0.15, 0.2) is 6.61 Å². The predicted octanol–water partition coefficient (Wildman–Crippen LogP) is 2.08. The Bertz CT molecular complexity index is 562. The first-order valence-corrected chi connectivity index (χ1v) is 7.74. The lowest BCUT2D eigenvalue weighted by molar-refractivity contribution is -0.127. The number of hydrogen-bond donors (Lipinski definition) is 0. The molecule has 0 aliphatic carbocycles. The second-order valence-corrected chi connectivity index (χ2v) is 5.62. The van der Waals surface area contributed by atoms with Gasteiger partial charge < -0.3 is 9.64 Å². The highest BCUT2D eigenvalue weighted by Gasteiger charge is 2.19. The minimum Gasteiger partial charge on any atom is -0.447 e. The van der Waals surface area contributed by atoms with E-state index in [0.29, 0.717) is 16.2 Å². The smallest absolute Gasteiger partial charge is 0.340 e. The van der Waals surface area contributed by atoms with Crippen LogP contribution in [0.15, 0.2) is 29.2 Å². The summed E-state index contributed by atoms with van der Waals surface area (Å²) in [6.45, 7) is 1.38. The number of esters is 1. The highest BCUT2D eigenvalue weighted by Crippen LogP contribution is 2.24. The Balaban J connectivity index is 1.98. The molecule has 2 rings (SSSR count). The molecule has 0 atom stereocenters. The van der Waals surface area contributed by atoms with Crippen LogP contribution in [0.2, 0.25) is 0 Å². The molecule has 0 spiro atoms. The van der Waals surface area contributed by atoms with Gasteiger partial charge in [-0.15, -0.1) is 11.8 Å². The Kier molecular flexibility index (Phi) is 5.64. The molecule has 1 aliphatic rings. The van der Waals surface area contributed by atoms with E-state index in [2.05, 4.69) is 0 Å². The van der Waals surface area contributed by atoms with E-state index in [4.69, 9.17) is 10.00 Å². The second kappa shape index (κ2) is 7.70. The van der Waals surface area contributed by atoms with Crippen molar-refractivity contribution in [2.24, 2.45) is 0 Å². The first-order chi connectivity index (χ1) is 10.2. The third kappa shape index (κ3) is 4.23. The lowest BCUT2D eigenvalue weighted by Crippen LogP contribution is -2.29. The van der Waals surface area contributed by atoms with Crippen LogP contribution in [0.25, 0.3) is 0 Å². The van der Waals surface area contributed by atoms with Crippen LogP contribution in [0, 0.1) is 11.3 Å². The molecule has 1 heterocycles. The summed E-state index contributed by atoms with van der Waals surface area (Å²) in [4.78, 5) is 26.4. The molecule has 0 saturated carbocycles. The normalized spacial score (nSPS) is 13.8. The minimum absolute atomic E-state index is 0.0951. The average Bonchev–Trinajstić information content (AvgIpc) is 3.05. The molecule has 0 unspecified atom stereocenters. The zero-order valence-corrected chi connectivity index (χ0v) is 12.4. The van der Waals surface area contributed by atoms with E-state index in [9.17, 15) is 9.59 Å². The molecule has 0 N–H and O–H groups in total. The van der Waals surface area contributed by atoms with Crippen LogP contribution in [0.1, 0.15) is 23.2 Å². The predicted molar refractivity (Wildman–Crippen MR) is 78.9 cm³/mol. The lowest BCUT2D eigenvalue weighted by atomic mass is 10.2. The maximum absolute atomic E-state index is 12.0. The number of thioether (sulfide) groups is 1. The van der Waals surface area contributed by atoms with Crippen LogP contribution in [-0.4, -0.2) is 42.2 Å². The molecular formula is C15H16N2O3S. The second-order valence-electron chi connectivity index (χ2n) is 4.61. The molecule has 0 bridgehead atoms. The number of amides is 1. The number of ether oxygens (including phenoxy) is 1. The fourth-order valence-electron chi connectivity index (χ4n) is 2.13. The molecule has 1 amide bonds. The van der Waals surface area contributed by atoms with Gasteiger partial charge in [0, 0.05) is 18.0 Å².